The Kier molecular flexibility index (Phi) is 4.13. The summed E-state index contributed by atoms with van der Waals surface area (Å²) in [6.45, 7) is 0. The number of halogens is 5. The average Bonchev–Trinajstić information content (AvgIpc) is 2.06. The van der Waals surface area contributed by atoms with Crippen molar-refractivity contribution in [2.45, 2.75) is 11.3 Å². The van der Waals surface area contributed by atoms with Crippen molar-refractivity contribution < 1.29 is 17.2 Å². The molecule has 0 unspecified atom stereocenters. The molecule has 0 aliphatic carbocycles. The second-order valence-electron chi connectivity index (χ2n) is 2.38. The van der Waals surface area contributed by atoms with Crippen molar-refractivity contribution >= 4 is 53.9 Å². The molecular formula is C6H2Cl2F2INO2S. The summed E-state index contributed by atoms with van der Waals surface area (Å²) in [6, 6.07) is 0.861. The van der Waals surface area contributed by atoms with E-state index < -0.39 is 26.2 Å². The highest BCUT2D eigenvalue weighted by molar-refractivity contribution is 14.1. The minimum Gasteiger partial charge on any atom is -0.238 e. The first kappa shape index (κ1) is 13.3. The van der Waals surface area contributed by atoms with Crippen molar-refractivity contribution in [1.29, 1.82) is 0 Å². The van der Waals surface area contributed by atoms with Gasteiger partial charge in [-0.15, -0.1) is 0 Å². The van der Waals surface area contributed by atoms with Crippen LogP contribution >= 0.6 is 44.9 Å². The van der Waals surface area contributed by atoms with Crippen LogP contribution in [0.1, 0.15) is 12.1 Å². The zero-order valence-electron chi connectivity index (χ0n) is 6.72. The molecule has 0 bridgehead atoms. The summed E-state index contributed by atoms with van der Waals surface area (Å²) < 4.78 is 46.4. The molecule has 0 saturated carbocycles. The van der Waals surface area contributed by atoms with Crippen molar-refractivity contribution in [2.75, 3.05) is 0 Å². The molecule has 0 aliphatic heterocycles. The van der Waals surface area contributed by atoms with Gasteiger partial charge in [0, 0.05) is 10.7 Å². The maximum absolute atomic E-state index is 12.3. The van der Waals surface area contributed by atoms with Gasteiger partial charge in [0.1, 0.15) is 14.3 Å². The van der Waals surface area contributed by atoms with Gasteiger partial charge >= 0.3 is 0 Å². The predicted octanol–water partition coefficient (Wildman–Crippen LogP) is 3.20. The summed E-state index contributed by atoms with van der Waals surface area (Å²) in [7, 11) is 1.02. The molecule has 9 heteroatoms. The smallest absolute Gasteiger partial charge is 0.238 e. The largest absolute Gasteiger partial charge is 0.281 e. The molecule has 0 aromatic carbocycles. The van der Waals surface area contributed by atoms with Gasteiger partial charge in [0.2, 0.25) is 0 Å². The lowest BCUT2D eigenvalue weighted by atomic mass is 10.3. The highest BCUT2D eigenvalue weighted by atomic mass is 127. The Morgan fingerprint density at radius 3 is 2.40 bits per heavy atom. The molecule has 1 heterocycles. The zero-order valence-corrected chi connectivity index (χ0v) is 11.2. The van der Waals surface area contributed by atoms with E-state index in [1.807, 2.05) is 0 Å². The molecule has 1 aromatic heterocycles. The van der Waals surface area contributed by atoms with Gasteiger partial charge in [-0.05, 0) is 28.7 Å². The fraction of sp³-hybridized carbons (Fsp3) is 0.167. The Bertz CT molecular complexity index is 494. The summed E-state index contributed by atoms with van der Waals surface area (Å²) in [5.41, 5.74) is -0.662. The number of alkyl halides is 2. The van der Waals surface area contributed by atoms with E-state index in [1.165, 1.54) is 22.6 Å². The Hall–Kier alpha value is 0.270. The van der Waals surface area contributed by atoms with E-state index in [-0.39, 0.29) is 8.60 Å². The summed E-state index contributed by atoms with van der Waals surface area (Å²) >= 11 is 6.93. The molecule has 15 heavy (non-hydrogen) atoms. The predicted molar refractivity (Wildman–Crippen MR) is 60.0 cm³/mol. The first-order chi connectivity index (χ1) is 6.73. The Balaban J connectivity index is 3.46. The number of nitrogens with zero attached hydrogens (tertiary/aromatic N) is 1. The van der Waals surface area contributed by atoms with Crippen LogP contribution in [0.25, 0.3) is 0 Å². The van der Waals surface area contributed by atoms with E-state index in [9.17, 15) is 17.2 Å². The van der Waals surface area contributed by atoms with E-state index in [1.54, 1.807) is 0 Å². The number of hydrogen-bond acceptors (Lipinski definition) is 3. The quantitative estimate of drug-likeness (QED) is 0.444. The summed E-state index contributed by atoms with van der Waals surface area (Å²) in [6.07, 6.45) is -2.86. The zero-order chi connectivity index (χ0) is 11.8. The van der Waals surface area contributed by atoms with Crippen LogP contribution in [0.5, 0.6) is 0 Å². The van der Waals surface area contributed by atoms with Gasteiger partial charge in [-0.2, -0.15) is 0 Å². The van der Waals surface area contributed by atoms with Gasteiger partial charge in [-0.1, -0.05) is 11.6 Å². The van der Waals surface area contributed by atoms with Crippen LogP contribution in [-0.4, -0.2) is 13.4 Å². The molecule has 0 saturated heterocycles. The lowest BCUT2D eigenvalue weighted by Gasteiger charge is -2.05. The van der Waals surface area contributed by atoms with Crippen LogP contribution in [0, 0.1) is 3.70 Å². The Morgan fingerprint density at radius 2 is 2.00 bits per heavy atom. The number of rotatable bonds is 2. The van der Waals surface area contributed by atoms with Gasteiger partial charge in [0.05, 0.1) is 5.02 Å². The first-order valence-electron chi connectivity index (χ1n) is 3.32. The number of pyridine rings is 1. The number of hydrogen-bond donors (Lipinski definition) is 0. The fourth-order valence-electron chi connectivity index (χ4n) is 0.787. The van der Waals surface area contributed by atoms with E-state index in [2.05, 4.69) is 4.98 Å². The first-order valence-corrected chi connectivity index (χ1v) is 7.09. The third kappa shape index (κ3) is 3.11. The van der Waals surface area contributed by atoms with Crippen molar-refractivity contribution in [3.05, 3.63) is 20.5 Å². The van der Waals surface area contributed by atoms with Crippen molar-refractivity contribution in [1.82, 2.24) is 4.98 Å². The molecule has 0 aliphatic rings. The van der Waals surface area contributed by atoms with E-state index >= 15 is 0 Å². The van der Waals surface area contributed by atoms with Gasteiger partial charge in [-0.25, -0.2) is 22.2 Å². The maximum Gasteiger partial charge on any atom is 0.281 e. The SMILES string of the molecule is O=S(=O)(Cl)c1cc(Cl)c(C(F)F)nc1I. The van der Waals surface area contributed by atoms with Crippen molar-refractivity contribution in [3.63, 3.8) is 0 Å². The monoisotopic (exact) mass is 387 g/mol. The normalized spacial score (nSPS) is 12.1. The van der Waals surface area contributed by atoms with Crippen LogP contribution in [0.15, 0.2) is 11.0 Å². The molecule has 0 fully saturated rings. The van der Waals surface area contributed by atoms with Crippen LogP contribution in [-0.2, 0) is 9.05 Å². The van der Waals surface area contributed by atoms with Crippen LogP contribution < -0.4 is 0 Å². The lowest BCUT2D eigenvalue weighted by molar-refractivity contribution is 0.146. The summed E-state index contributed by atoms with van der Waals surface area (Å²) in [5, 5.41) is -0.426. The van der Waals surface area contributed by atoms with E-state index in [0.29, 0.717) is 0 Å². The molecule has 1 aromatic rings. The van der Waals surface area contributed by atoms with Crippen LogP contribution in [0.4, 0.5) is 8.78 Å². The summed E-state index contributed by atoms with van der Waals surface area (Å²) in [4.78, 5) is 3.00. The number of aromatic nitrogens is 1. The highest BCUT2D eigenvalue weighted by Gasteiger charge is 2.22. The minimum absolute atomic E-state index is 0.137. The second kappa shape index (κ2) is 4.64. The second-order valence-corrected chi connectivity index (χ2v) is 6.35. The van der Waals surface area contributed by atoms with E-state index in [4.69, 9.17) is 22.3 Å². The van der Waals surface area contributed by atoms with Crippen molar-refractivity contribution in [3.8, 4) is 0 Å². The molecule has 0 radical (unpaired) electrons. The lowest BCUT2D eigenvalue weighted by Crippen LogP contribution is -2.02. The molecular weight excluding hydrogens is 386 g/mol. The molecule has 0 spiro atoms. The average molecular weight is 388 g/mol. The molecule has 3 nitrogen and oxygen atoms in total. The summed E-state index contributed by atoms with van der Waals surface area (Å²) in [5.74, 6) is 0. The van der Waals surface area contributed by atoms with Gasteiger partial charge in [0.15, 0.2) is 0 Å². The van der Waals surface area contributed by atoms with Crippen LogP contribution in [0.2, 0.25) is 5.02 Å². The fourth-order valence-corrected chi connectivity index (χ4v) is 3.62. The third-order valence-electron chi connectivity index (χ3n) is 1.39. The minimum atomic E-state index is -4.03. The van der Waals surface area contributed by atoms with Crippen LogP contribution in [0.3, 0.4) is 0 Å². The Labute approximate surface area is 107 Å². The maximum atomic E-state index is 12.3. The highest BCUT2D eigenvalue weighted by Crippen LogP contribution is 2.30. The van der Waals surface area contributed by atoms with E-state index in [0.717, 1.165) is 6.07 Å². The molecule has 84 valence electrons. The third-order valence-corrected chi connectivity index (χ3v) is 4.22. The molecule has 0 atom stereocenters. The van der Waals surface area contributed by atoms with Crippen molar-refractivity contribution in [2.24, 2.45) is 0 Å². The Morgan fingerprint density at radius 1 is 1.47 bits per heavy atom. The topological polar surface area (TPSA) is 47.0 Å². The molecule has 0 amide bonds. The molecule has 0 N–H and O–H groups in total. The van der Waals surface area contributed by atoms with Gasteiger partial charge in [0.25, 0.3) is 15.5 Å². The van der Waals surface area contributed by atoms with Gasteiger partial charge < -0.3 is 0 Å². The standard InChI is InChI=1S/C6H2Cl2F2INO2S/c7-2-1-3(15(8,13)14)6(11)12-4(2)5(9)10/h1,5H. The van der Waals surface area contributed by atoms with Gasteiger partial charge in [-0.3, -0.25) is 0 Å². The molecule has 1 rings (SSSR count).